The number of carboxylic acids is 1. The summed E-state index contributed by atoms with van der Waals surface area (Å²) in [5, 5.41) is 11.8. The maximum Gasteiger partial charge on any atom is 0.335 e. The van der Waals surface area contributed by atoms with Gasteiger partial charge in [0.25, 0.3) is 0 Å². The van der Waals surface area contributed by atoms with Crippen molar-refractivity contribution in [3.63, 3.8) is 0 Å². The molecule has 142 valence electrons. The third-order valence-electron chi connectivity index (χ3n) is 5.05. The maximum absolute atomic E-state index is 12.4. The van der Waals surface area contributed by atoms with Crippen LogP contribution >= 0.6 is 0 Å². The average Bonchev–Trinajstić information content (AvgIpc) is 2.67. The molecule has 1 aromatic carbocycles. The summed E-state index contributed by atoms with van der Waals surface area (Å²) in [5.41, 5.74) is 1.23. The van der Waals surface area contributed by atoms with Crippen LogP contribution in [0.2, 0.25) is 0 Å². The number of rotatable bonds is 7. The van der Waals surface area contributed by atoms with Crippen LogP contribution in [0.5, 0.6) is 0 Å². The molecule has 0 spiro atoms. The molecule has 1 fully saturated rings. The topological polar surface area (TPSA) is 86.7 Å². The van der Waals surface area contributed by atoms with E-state index in [-0.39, 0.29) is 29.2 Å². The molecule has 1 aliphatic heterocycles. The zero-order chi connectivity index (χ0) is 19.1. The van der Waals surface area contributed by atoms with E-state index in [1.807, 2.05) is 18.7 Å². The van der Waals surface area contributed by atoms with Crippen molar-refractivity contribution < 1.29 is 19.5 Å². The first-order valence-electron chi connectivity index (χ1n) is 9.31. The van der Waals surface area contributed by atoms with Crippen LogP contribution in [0.15, 0.2) is 24.3 Å². The maximum atomic E-state index is 12.4. The molecule has 0 aromatic heterocycles. The van der Waals surface area contributed by atoms with E-state index >= 15 is 0 Å². The molecule has 1 saturated heterocycles. The number of hydrogen-bond acceptors (Lipinski definition) is 3. The standard InChI is InChI=1S/C20H28N2O4/c1-3-14(2)19(24)22-12-4-5-17(13-22)18(23)21-11-10-15-6-8-16(9-7-15)20(25)26/h6-9,14,17H,3-5,10-13H2,1-2H3,(H,21,23)(H,25,26). The Kier molecular flexibility index (Phi) is 7.18. The van der Waals surface area contributed by atoms with E-state index in [1.54, 1.807) is 24.3 Å². The van der Waals surface area contributed by atoms with Crippen LogP contribution in [-0.2, 0) is 16.0 Å². The van der Waals surface area contributed by atoms with Gasteiger partial charge in [0.2, 0.25) is 11.8 Å². The van der Waals surface area contributed by atoms with E-state index in [4.69, 9.17) is 5.11 Å². The summed E-state index contributed by atoms with van der Waals surface area (Å²) >= 11 is 0. The van der Waals surface area contributed by atoms with Gasteiger partial charge in [0, 0.05) is 25.6 Å². The summed E-state index contributed by atoms with van der Waals surface area (Å²) in [6, 6.07) is 6.67. The SMILES string of the molecule is CCC(C)C(=O)N1CCCC(C(=O)NCCc2ccc(C(=O)O)cc2)C1. The van der Waals surface area contributed by atoms with E-state index in [1.165, 1.54) is 0 Å². The fourth-order valence-corrected chi connectivity index (χ4v) is 3.17. The summed E-state index contributed by atoms with van der Waals surface area (Å²) < 4.78 is 0. The molecule has 1 heterocycles. The molecular weight excluding hydrogens is 332 g/mol. The van der Waals surface area contributed by atoms with Crippen molar-refractivity contribution in [2.75, 3.05) is 19.6 Å². The fraction of sp³-hybridized carbons (Fsp3) is 0.550. The van der Waals surface area contributed by atoms with E-state index < -0.39 is 5.97 Å². The second kappa shape index (κ2) is 9.36. The molecule has 0 saturated carbocycles. The number of carboxylic acid groups (broad SMARTS) is 1. The van der Waals surface area contributed by atoms with Crippen molar-refractivity contribution in [2.24, 2.45) is 11.8 Å². The van der Waals surface area contributed by atoms with Gasteiger partial charge in [-0.2, -0.15) is 0 Å². The Balaban J connectivity index is 1.80. The zero-order valence-electron chi connectivity index (χ0n) is 15.5. The van der Waals surface area contributed by atoms with Crippen molar-refractivity contribution in [2.45, 2.75) is 39.5 Å². The molecule has 1 aromatic rings. The Morgan fingerprint density at radius 2 is 1.96 bits per heavy atom. The summed E-state index contributed by atoms with van der Waals surface area (Å²) in [7, 11) is 0. The first-order valence-corrected chi connectivity index (χ1v) is 9.31. The van der Waals surface area contributed by atoms with Gasteiger partial charge in [0.1, 0.15) is 0 Å². The molecule has 2 rings (SSSR count). The summed E-state index contributed by atoms with van der Waals surface area (Å²) in [4.78, 5) is 37.4. The number of likely N-dealkylation sites (tertiary alicyclic amines) is 1. The highest BCUT2D eigenvalue weighted by atomic mass is 16.4. The highest BCUT2D eigenvalue weighted by Crippen LogP contribution is 2.19. The summed E-state index contributed by atoms with van der Waals surface area (Å²) in [5.74, 6) is -0.951. The minimum Gasteiger partial charge on any atom is -0.478 e. The van der Waals surface area contributed by atoms with Gasteiger partial charge < -0.3 is 15.3 Å². The molecule has 1 aliphatic rings. The number of piperidine rings is 1. The lowest BCUT2D eigenvalue weighted by atomic mass is 9.95. The largest absolute Gasteiger partial charge is 0.478 e. The normalized spacial score (nSPS) is 18.2. The first-order chi connectivity index (χ1) is 12.4. The predicted molar refractivity (Wildman–Crippen MR) is 98.9 cm³/mol. The lowest BCUT2D eigenvalue weighted by Gasteiger charge is -2.33. The van der Waals surface area contributed by atoms with Crippen molar-refractivity contribution in [3.8, 4) is 0 Å². The summed E-state index contributed by atoms with van der Waals surface area (Å²) in [6.45, 7) is 5.67. The number of hydrogen-bond donors (Lipinski definition) is 2. The number of nitrogens with one attached hydrogen (secondary N) is 1. The van der Waals surface area contributed by atoms with Crippen LogP contribution in [0.4, 0.5) is 0 Å². The molecule has 2 N–H and O–H groups in total. The molecule has 2 unspecified atom stereocenters. The second-order valence-electron chi connectivity index (χ2n) is 6.98. The number of carbonyl (C=O) groups is 3. The third-order valence-corrected chi connectivity index (χ3v) is 5.05. The molecule has 26 heavy (non-hydrogen) atoms. The highest BCUT2D eigenvalue weighted by Gasteiger charge is 2.29. The predicted octanol–water partition coefficient (Wildman–Crippen LogP) is 2.33. The monoisotopic (exact) mass is 360 g/mol. The van der Waals surface area contributed by atoms with Crippen molar-refractivity contribution in [1.29, 1.82) is 0 Å². The molecule has 0 bridgehead atoms. The molecule has 2 atom stereocenters. The highest BCUT2D eigenvalue weighted by molar-refractivity contribution is 5.87. The van der Waals surface area contributed by atoms with Crippen molar-refractivity contribution >= 4 is 17.8 Å². The van der Waals surface area contributed by atoms with E-state index in [9.17, 15) is 14.4 Å². The quantitative estimate of drug-likeness (QED) is 0.781. The van der Waals surface area contributed by atoms with Gasteiger partial charge in [-0.1, -0.05) is 26.0 Å². The number of nitrogens with zero attached hydrogens (tertiary/aromatic N) is 1. The summed E-state index contributed by atoms with van der Waals surface area (Å²) in [6.07, 6.45) is 3.13. The van der Waals surface area contributed by atoms with Crippen LogP contribution in [0.25, 0.3) is 0 Å². The van der Waals surface area contributed by atoms with Crippen molar-refractivity contribution in [1.82, 2.24) is 10.2 Å². The molecule has 0 aliphatic carbocycles. The van der Waals surface area contributed by atoms with Gasteiger partial charge in [-0.25, -0.2) is 4.79 Å². The second-order valence-corrected chi connectivity index (χ2v) is 6.98. The number of aromatic carboxylic acids is 1. The number of amides is 2. The number of carbonyl (C=O) groups excluding carboxylic acids is 2. The minimum atomic E-state index is -0.946. The smallest absolute Gasteiger partial charge is 0.335 e. The number of benzene rings is 1. The zero-order valence-corrected chi connectivity index (χ0v) is 15.5. The Bertz CT molecular complexity index is 642. The Hall–Kier alpha value is -2.37. The first kappa shape index (κ1) is 19.9. The van der Waals surface area contributed by atoms with Crippen molar-refractivity contribution in [3.05, 3.63) is 35.4 Å². The Morgan fingerprint density at radius 3 is 2.58 bits per heavy atom. The van der Waals surface area contributed by atoms with Gasteiger partial charge in [-0.05, 0) is 43.4 Å². The van der Waals surface area contributed by atoms with Crippen LogP contribution in [-0.4, -0.2) is 47.4 Å². The molecule has 2 amide bonds. The van der Waals surface area contributed by atoms with Crippen LogP contribution < -0.4 is 5.32 Å². The van der Waals surface area contributed by atoms with Crippen LogP contribution in [0, 0.1) is 11.8 Å². The van der Waals surface area contributed by atoms with E-state index in [0.29, 0.717) is 19.5 Å². The van der Waals surface area contributed by atoms with E-state index in [0.717, 1.165) is 31.4 Å². The minimum absolute atomic E-state index is 0.00517. The van der Waals surface area contributed by atoms with Gasteiger partial charge in [-0.15, -0.1) is 0 Å². The Labute approximate surface area is 154 Å². The van der Waals surface area contributed by atoms with Gasteiger partial charge in [0.15, 0.2) is 0 Å². The third kappa shape index (κ3) is 5.31. The van der Waals surface area contributed by atoms with Crippen LogP contribution in [0.1, 0.15) is 49.0 Å². The van der Waals surface area contributed by atoms with Gasteiger partial charge in [-0.3, -0.25) is 9.59 Å². The average molecular weight is 360 g/mol. The molecule has 6 heteroatoms. The molecule has 0 radical (unpaired) electrons. The van der Waals surface area contributed by atoms with Gasteiger partial charge in [0.05, 0.1) is 11.5 Å². The Morgan fingerprint density at radius 1 is 1.27 bits per heavy atom. The fourth-order valence-electron chi connectivity index (χ4n) is 3.17. The molecular formula is C20H28N2O4. The lowest BCUT2D eigenvalue weighted by molar-refractivity contribution is -0.138. The van der Waals surface area contributed by atoms with E-state index in [2.05, 4.69) is 5.32 Å². The molecule has 6 nitrogen and oxygen atoms in total. The lowest BCUT2D eigenvalue weighted by Crippen LogP contribution is -2.47. The van der Waals surface area contributed by atoms with Gasteiger partial charge >= 0.3 is 5.97 Å². The van der Waals surface area contributed by atoms with Crippen LogP contribution in [0.3, 0.4) is 0 Å².